The molecule has 0 bridgehead atoms. The van der Waals surface area contributed by atoms with Crippen molar-refractivity contribution in [1.29, 1.82) is 0 Å². The molecular formula is C7H15N. The first kappa shape index (κ1) is 6.09. The molecule has 2 atom stereocenters. The second-order valence-corrected chi connectivity index (χ2v) is 3.03. The summed E-state index contributed by atoms with van der Waals surface area (Å²) >= 11 is 0. The zero-order valence-corrected chi connectivity index (χ0v) is 5.56. The molecule has 8 heavy (non-hydrogen) atoms. The zero-order valence-electron chi connectivity index (χ0n) is 5.56. The van der Waals surface area contributed by atoms with Crippen LogP contribution in [-0.4, -0.2) is 6.04 Å². The van der Waals surface area contributed by atoms with Gasteiger partial charge in [-0.2, -0.15) is 0 Å². The standard InChI is InChI=1S/C7H15N/c1-6-3-2-4-7(8)5-6/h6-7H,2-5,8H2,1H3/t6?,7-/m0/s1. The minimum absolute atomic E-state index is 0.513. The molecule has 1 fully saturated rings. The zero-order chi connectivity index (χ0) is 5.98. The maximum absolute atomic E-state index is 5.73. The normalized spacial score (nSPS) is 39.8. The molecule has 1 aliphatic carbocycles. The van der Waals surface area contributed by atoms with Gasteiger partial charge >= 0.3 is 0 Å². The van der Waals surface area contributed by atoms with Crippen LogP contribution >= 0.6 is 0 Å². The van der Waals surface area contributed by atoms with Gasteiger partial charge in [-0.3, -0.25) is 0 Å². The highest BCUT2D eigenvalue weighted by Gasteiger charge is 2.13. The third-order valence-electron chi connectivity index (χ3n) is 1.98. The molecule has 0 aliphatic heterocycles. The number of nitrogens with two attached hydrogens (primary N) is 1. The summed E-state index contributed by atoms with van der Waals surface area (Å²) in [6.07, 6.45) is 5.25. The molecule has 0 radical (unpaired) electrons. The summed E-state index contributed by atoms with van der Waals surface area (Å²) in [6, 6.07) is 0.513. The lowest BCUT2D eigenvalue weighted by molar-refractivity contribution is 0.344. The Hall–Kier alpha value is -0.0400. The topological polar surface area (TPSA) is 26.0 Å². The van der Waals surface area contributed by atoms with Crippen molar-refractivity contribution in [3.05, 3.63) is 0 Å². The molecular weight excluding hydrogens is 98.1 g/mol. The van der Waals surface area contributed by atoms with Crippen molar-refractivity contribution in [3.8, 4) is 0 Å². The van der Waals surface area contributed by atoms with E-state index in [9.17, 15) is 0 Å². The van der Waals surface area contributed by atoms with Gasteiger partial charge in [0.05, 0.1) is 0 Å². The second-order valence-electron chi connectivity index (χ2n) is 3.03. The van der Waals surface area contributed by atoms with Crippen LogP contribution in [0.2, 0.25) is 0 Å². The minimum atomic E-state index is 0.513. The van der Waals surface area contributed by atoms with E-state index in [4.69, 9.17) is 5.73 Å². The van der Waals surface area contributed by atoms with Gasteiger partial charge in [-0.15, -0.1) is 0 Å². The fourth-order valence-corrected chi connectivity index (χ4v) is 1.48. The molecule has 1 saturated carbocycles. The number of hydrogen-bond donors (Lipinski definition) is 1. The van der Waals surface area contributed by atoms with Gasteiger partial charge in [-0.25, -0.2) is 0 Å². The Kier molecular flexibility index (Phi) is 1.90. The third kappa shape index (κ3) is 1.48. The van der Waals surface area contributed by atoms with Crippen LogP contribution in [0.1, 0.15) is 32.6 Å². The van der Waals surface area contributed by atoms with Gasteiger partial charge in [-0.05, 0) is 18.8 Å². The van der Waals surface area contributed by atoms with E-state index in [1.807, 2.05) is 0 Å². The molecule has 0 spiro atoms. The molecule has 1 nitrogen and oxygen atoms in total. The molecule has 48 valence electrons. The van der Waals surface area contributed by atoms with Crippen LogP contribution in [0, 0.1) is 5.92 Å². The van der Waals surface area contributed by atoms with Crippen molar-refractivity contribution in [2.24, 2.45) is 11.7 Å². The van der Waals surface area contributed by atoms with Crippen molar-refractivity contribution in [1.82, 2.24) is 0 Å². The summed E-state index contributed by atoms with van der Waals surface area (Å²) in [4.78, 5) is 0. The van der Waals surface area contributed by atoms with E-state index in [0.29, 0.717) is 6.04 Å². The van der Waals surface area contributed by atoms with Crippen LogP contribution in [0.4, 0.5) is 0 Å². The van der Waals surface area contributed by atoms with Gasteiger partial charge in [0, 0.05) is 6.04 Å². The Bertz CT molecular complexity index is 62.8. The summed E-state index contributed by atoms with van der Waals surface area (Å²) in [5.74, 6) is 0.888. The summed E-state index contributed by atoms with van der Waals surface area (Å²) in [7, 11) is 0. The summed E-state index contributed by atoms with van der Waals surface area (Å²) < 4.78 is 0. The van der Waals surface area contributed by atoms with E-state index in [1.165, 1.54) is 25.7 Å². The van der Waals surface area contributed by atoms with Gasteiger partial charge in [0.15, 0.2) is 0 Å². The number of hydrogen-bond acceptors (Lipinski definition) is 1. The highest BCUT2D eigenvalue weighted by atomic mass is 14.6. The van der Waals surface area contributed by atoms with Crippen LogP contribution in [0.15, 0.2) is 0 Å². The first-order chi connectivity index (χ1) is 3.79. The largest absolute Gasteiger partial charge is 0.328 e. The smallest absolute Gasteiger partial charge is 0.00413 e. The Labute approximate surface area is 51.3 Å². The molecule has 2 N–H and O–H groups in total. The third-order valence-corrected chi connectivity index (χ3v) is 1.98. The fourth-order valence-electron chi connectivity index (χ4n) is 1.48. The lowest BCUT2D eigenvalue weighted by Crippen LogP contribution is -2.26. The first-order valence-corrected chi connectivity index (χ1v) is 3.54. The molecule has 0 heterocycles. The molecule has 1 rings (SSSR count). The predicted molar refractivity (Wildman–Crippen MR) is 35.6 cm³/mol. The van der Waals surface area contributed by atoms with Crippen LogP contribution in [0.25, 0.3) is 0 Å². The van der Waals surface area contributed by atoms with Gasteiger partial charge in [0.25, 0.3) is 0 Å². The van der Waals surface area contributed by atoms with Gasteiger partial charge in [0.1, 0.15) is 0 Å². The SMILES string of the molecule is CC1CCC[C@H](N)C1. The van der Waals surface area contributed by atoms with Crippen LogP contribution in [0.5, 0.6) is 0 Å². The summed E-state index contributed by atoms with van der Waals surface area (Å²) in [5.41, 5.74) is 5.73. The Morgan fingerprint density at radius 3 is 2.50 bits per heavy atom. The van der Waals surface area contributed by atoms with E-state index >= 15 is 0 Å². The van der Waals surface area contributed by atoms with Crippen molar-refractivity contribution in [3.63, 3.8) is 0 Å². The van der Waals surface area contributed by atoms with E-state index in [0.717, 1.165) is 5.92 Å². The van der Waals surface area contributed by atoms with Crippen molar-refractivity contribution in [2.45, 2.75) is 38.6 Å². The van der Waals surface area contributed by atoms with Crippen molar-refractivity contribution < 1.29 is 0 Å². The highest BCUT2D eigenvalue weighted by molar-refractivity contribution is 4.71. The van der Waals surface area contributed by atoms with E-state index < -0.39 is 0 Å². The average molecular weight is 113 g/mol. The van der Waals surface area contributed by atoms with Crippen molar-refractivity contribution in [2.75, 3.05) is 0 Å². The summed E-state index contributed by atoms with van der Waals surface area (Å²) in [5, 5.41) is 0. The first-order valence-electron chi connectivity index (χ1n) is 3.54. The van der Waals surface area contributed by atoms with Gasteiger partial charge < -0.3 is 5.73 Å². The van der Waals surface area contributed by atoms with Gasteiger partial charge in [0.2, 0.25) is 0 Å². The van der Waals surface area contributed by atoms with E-state index in [-0.39, 0.29) is 0 Å². The van der Waals surface area contributed by atoms with Gasteiger partial charge in [-0.1, -0.05) is 19.8 Å². The fraction of sp³-hybridized carbons (Fsp3) is 1.00. The Morgan fingerprint density at radius 1 is 1.38 bits per heavy atom. The average Bonchev–Trinajstić information content (AvgIpc) is 1.64. The maximum Gasteiger partial charge on any atom is 0.00413 e. The van der Waals surface area contributed by atoms with Crippen molar-refractivity contribution >= 4 is 0 Å². The molecule has 1 heteroatoms. The van der Waals surface area contributed by atoms with E-state index in [1.54, 1.807) is 0 Å². The monoisotopic (exact) mass is 113 g/mol. The van der Waals surface area contributed by atoms with Crippen LogP contribution < -0.4 is 5.73 Å². The lowest BCUT2D eigenvalue weighted by atomic mass is 9.88. The van der Waals surface area contributed by atoms with Crippen LogP contribution in [-0.2, 0) is 0 Å². The van der Waals surface area contributed by atoms with E-state index in [2.05, 4.69) is 6.92 Å². The second kappa shape index (κ2) is 2.49. The summed E-state index contributed by atoms with van der Waals surface area (Å²) in [6.45, 7) is 2.29. The molecule has 1 aliphatic rings. The minimum Gasteiger partial charge on any atom is -0.328 e. The predicted octanol–water partition coefficient (Wildman–Crippen LogP) is 1.52. The van der Waals surface area contributed by atoms with Crippen LogP contribution in [0.3, 0.4) is 0 Å². The Balaban J connectivity index is 2.23. The maximum atomic E-state index is 5.73. The lowest BCUT2D eigenvalue weighted by Gasteiger charge is -2.22. The molecule has 0 aromatic heterocycles. The molecule has 0 aromatic rings. The molecule has 1 unspecified atom stereocenters. The highest BCUT2D eigenvalue weighted by Crippen LogP contribution is 2.21. The molecule has 0 aromatic carbocycles. The number of rotatable bonds is 0. The Morgan fingerprint density at radius 2 is 2.12 bits per heavy atom. The molecule has 0 amide bonds. The quantitative estimate of drug-likeness (QED) is 0.506. The molecule has 0 saturated heterocycles.